The molecule has 0 spiro atoms. The van der Waals surface area contributed by atoms with E-state index in [1.54, 1.807) is 0 Å². The average molecular weight is 322 g/mol. The zero-order valence-electron chi connectivity index (χ0n) is 12.0. The van der Waals surface area contributed by atoms with Crippen molar-refractivity contribution in [2.24, 2.45) is 0 Å². The van der Waals surface area contributed by atoms with Crippen molar-refractivity contribution >= 4 is 49.7 Å². The third-order valence-corrected chi connectivity index (χ3v) is 1.60. The van der Waals surface area contributed by atoms with Crippen LogP contribution in [0.5, 0.6) is 0 Å². The van der Waals surface area contributed by atoms with Crippen LogP contribution in [0.4, 0.5) is 0 Å². The number of ether oxygens (including phenoxy) is 2. The predicted octanol–water partition coefficient (Wildman–Crippen LogP) is -1.39. The quantitative estimate of drug-likeness (QED) is 0.212. The van der Waals surface area contributed by atoms with Gasteiger partial charge in [-0.1, -0.05) is 25.3 Å². The van der Waals surface area contributed by atoms with Gasteiger partial charge >= 0.3 is 37.7 Å². The van der Waals surface area contributed by atoms with Gasteiger partial charge < -0.3 is 29.3 Å². The first-order valence-electron chi connectivity index (χ1n) is 5.52. The fraction of sp³-hybridized carbons (Fsp3) is 0.286. The number of carbonyl (C=O) groups excluding carboxylic acids is 2. The van der Waals surface area contributed by atoms with Gasteiger partial charge in [-0.3, -0.25) is 0 Å². The van der Waals surface area contributed by atoms with E-state index in [2.05, 4.69) is 26.3 Å². The van der Waals surface area contributed by atoms with E-state index in [1.165, 1.54) is 12.2 Å². The minimum absolute atomic E-state index is 0. The van der Waals surface area contributed by atoms with Crippen molar-refractivity contribution in [2.45, 2.75) is 0 Å². The van der Waals surface area contributed by atoms with Crippen LogP contribution in [0.3, 0.4) is 0 Å². The van der Waals surface area contributed by atoms with Gasteiger partial charge in [-0.15, -0.1) is 13.2 Å². The molecule has 21 heavy (non-hydrogen) atoms. The molecule has 0 unspecified atom stereocenters. The molecule has 0 radical (unpaired) electrons. The minimum atomic E-state index is -1.27. The summed E-state index contributed by atoms with van der Waals surface area (Å²) in [6, 6.07) is 0. The van der Waals surface area contributed by atoms with E-state index >= 15 is 0 Å². The van der Waals surface area contributed by atoms with Crippen molar-refractivity contribution in [3.63, 3.8) is 0 Å². The molecule has 0 aromatic carbocycles. The maximum atomic E-state index is 9.98. The molecule has 0 N–H and O–H groups in total. The SMILES string of the molecule is C=CCOCC(=C)C(=O)[O-].C=CCOCC(=C)C(=O)[O-].[Ca+2]. The van der Waals surface area contributed by atoms with Crippen molar-refractivity contribution in [1.29, 1.82) is 0 Å². The van der Waals surface area contributed by atoms with Crippen LogP contribution in [0.25, 0.3) is 0 Å². The summed E-state index contributed by atoms with van der Waals surface area (Å²) in [5.41, 5.74) is -0.108. The topological polar surface area (TPSA) is 98.7 Å². The second-order valence-electron chi connectivity index (χ2n) is 3.39. The Kier molecular flexibility index (Phi) is 20.4. The van der Waals surface area contributed by atoms with Crippen molar-refractivity contribution in [3.8, 4) is 0 Å². The Morgan fingerprint density at radius 2 is 1.14 bits per heavy atom. The third kappa shape index (κ3) is 19.1. The molecule has 0 fully saturated rings. The number of carboxylic acids is 2. The first kappa shape index (κ1) is 25.1. The first-order chi connectivity index (χ1) is 9.36. The summed E-state index contributed by atoms with van der Waals surface area (Å²) in [5, 5.41) is 20.0. The first-order valence-corrected chi connectivity index (χ1v) is 5.52. The van der Waals surface area contributed by atoms with Gasteiger partial charge in [0.25, 0.3) is 0 Å². The van der Waals surface area contributed by atoms with E-state index in [4.69, 9.17) is 9.47 Å². The molecule has 0 atom stereocenters. The molecule has 0 aliphatic rings. The Bertz CT molecular complexity index is 340. The van der Waals surface area contributed by atoms with Crippen molar-refractivity contribution in [1.82, 2.24) is 0 Å². The molecule has 0 saturated carbocycles. The molecule has 6 nitrogen and oxygen atoms in total. The standard InChI is InChI=1S/2C7H10O3.Ca/c2*1-3-4-10-5-6(2)7(8)9;/h2*3H,1-2,4-5H2,(H,8,9);/q;;+2/p-2. The summed E-state index contributed by atoms with van der Waals surface area (Å²) in [7, 11) is 0. The normalized spacial score (nSPS) is 8.38. The summed E-state index contributed by atoms with van der Waals surface area (Å²) >= 11 is 0. The molecule has 0 bridgehead atoms. The van der Waals surface area contributed by atoms with Crippen molar-refractivity contribution < 1.29 is 29.3 Å². The number of carbonyl (C=O) groups is 2. The number of hydrogen-bond donors (Lipinski definition) is 0. The Balaban J connectivity index is -0.000000295. The van der Waals surface area contributed by atoms with Crippen LogP contribution in [0.2, 0.25) is 0 Å². The monoisotopic (exact) mass is 322 g/mol. The average Bonchev–Trinajstić information content (AvgIpc) is 2.39. The molecule has 0 saturated heterocycles. The smallest absolute Gasteiger partial charge is 0.545 e. The Hall–Kier alpha value is -0.920. The number of hydrogen-bond acceptors (Lipinski definition) is 6. The van der Waals surface area contributed by atoms with E-state index in [0.717, 1.165) is 0 Å². The van der Waals surface area contributed by atoms with Crippen molar-refractivity contribution in [2.75, 3.05) is 26.4 Å². The van der Waals surface area contributed by atoms with Gasteiger partial charge in [-0.05, 0) is 11.1 Å². The van der Waals surface area contributed by atoms with Gasteiger partial charge in [0.2, 0.25) is 0 Å². The fourth-order valence-corrected chi connectivity index (χ4v) is 0.649. The zero-order valence-corrected chi connectivity index (χ0v) is 14.2. The van der Waals surface area contributed by atoms with Crippen LogP contribution < -0.4 is 10.2 Å². The number of aliphatic carboxylic acids is 2. The van der Waals surface area contributed by atoms with Gasteiger partial charge in [0.05, 0.1) is 38.4 Å². The van der Waals surface area contributed by atoms with Crippen LogP contribution in [0.15, 0.2) is 49.6 Å². The van der Waals surface area contributed by atoms with E-state index < -0.39 is 11.9 Å². The van der Waals surface area contributed by atoms with Gasteiger partial charge in [-0.25, -0.2) is 0 Å². The number of carboxylic acid groups (broad SMARTS) is 2. The summed E-state index contributed by atoms with van der Waals surface area (Å²) in [4.78, 5) is 20.0. The summed E-state index contributed by atoms with van der Waals surface area (Å²) in [6.45, 7) is 13.8. The molecule has 0 aromatic heterocycles. The van der Waals surface area contributed by atoms with Crippen LogP contribution in [-0.4, -0.2) is 76.1 Å². The molecule has 0 aromatic rings. The molecule has 112 valence electrons. The van der Waals surface area contributed by atoms with Gasteiger partial charge in [0.15, 0.2) is 0 Å². The molecule has 0 aliphatic heterocycles. The van der Waals surface area contributed by atoms with Gasteiger partial charge in [0, 0.05) is 0 Å². The second-order valence-corrected chi connectivity index (χ2v) is 3.39. The summed E-state index contributed by atoms with van der Waals surface area (Å²) < 4.78 is 9.53. The molecular weight excluding hydrogens is 304 g/mol. The predicted molar refractivity (Wildman–Crippen MR) is 76.1 cm³/mol. The molecule has 0 aliphatic carbocycles. The van der Waals surface area contributed by atoms with Crippen LogP contribution in [0.1, 0.15) is 0 Å². The second kappa shape index (κ2) is 17.1. The van der Waals surface area contributed by atoms with E-state index in [0.29, 0.717) is 13.2 Å². The van der Waals surface area contributed by atoms with Gasteiger partial charge in [0.1, 0.15) is 0 Å². The summed E-state index contributed by atoms with van der Waals surface area (Å²) in [6.07, 6.45) is 3.06. The Morgan fingerprint density at radius 3 is 1.33 bits per heavy atom. The van der Waals surface area contributed by atoms with E-state index in [1.807, 2.05) is 0 Å². The molecule has 7 heteroatoms. The maximum absolute atomic E-state index is 9.98. The van der Waals surface area contributed by atoms with Crippen LogP contribution >= 0.6 is 0 Å². The molecule has 0 rings (SSSR count). The fourth-order valence-electron chi connectivity index (χ4n) is 0.649. The zero-order chi connectivity index (χ0) is 16.0. The Labute approximate surface area is 154 Å². The number of rotatable bonds is 10. The molecular formula is C14H18CaO6. The van der Waals surface area contributed by atoms with E-state index in [9.17, 15) is 19.8 Å². The van der Waals surface area contributed by atoms with Crippen molar-refractivity contribution in [3.05, 3.63) is 49.6 Å². The summed E-state index contributed by atoms with van der Waals surface area (Å²) in [5.74, 6) is -2.55. The van der Waals surface area contributed by atoms with E-state index in [-0.39, 0.29) is 62.1 Å². The third-order valence-electron chi connectivity index (χ3n) is 1.60. The minimum Gasteiger partial charge on any atom is -0.545 e. The van der Waals surface area contributed by atoms with Crippen LogP contribution in [0, 0.1) is 0 Å². The van der Waals surface area contributed by atoms with Crippen LogP contribution in [-0.2, 0) is 19.1 Å². The molecule has 0 amide bonds. The van der Waals surface area contributed by atoms with Gasteiger partial charge in [-0.2, -0.15) is 0 Å². The Morgan fingerprint density at radius 1 is 0.857 bits per heavy atom. The largest absolute Gasteiger partial charge is 2.00 e. The molecule has 0 heterocycles. The maximum Gasteiger partial charge on any atom is 2.00 e.